The summed E-state index contributed by atoms with van der Waals surface area (Å²) in [7, 11) is 3.38. The Hall–Kier alpha value is -1.15. The van der Waals surface area contributed by atoms with Crippen LogP contribution in [0.2, 0.25) is 0 Å². The van der Waals surface area contributed by atoms with Gasteiger partial charge in [0.05, 0.1) is 22.9 Å². The lowest BCUT2D eigenvalue weighted by Gasteiger charge is -2.12. The van der Waals surface area contributed by atoms with E-state index in [4.69, 9.17) is 9.47 Å². The van der Waals surface area contributed by atoms with Gasteiger partial charge in [-0.2, -0.15) is 0 Å². The molecule has 0 saturated carbocycles. The molecule has 2 heterocycles. The van der Waals surface area contributed by atoms with Crippen molar-refractivity contribution in [2.45, 2.75) is 11.3 Å². The molecule has 3 rings (SSSR count). The second kappa shape index (κ2) is 6.09. The predicted octanol–water partition coefficient (Wildman–Crippen LogP) is 2.70. The molecule has 0 radical (unpaired) electrons. The van der Waals surface area contributed by atoms with Crippen LogP contribution < -0.4 is 0 Å². The maximum absolute atomic E-state index is 5.37. The number of nitrogens with zero attached hydrogens (tertiary/aromatic N) is 3. The molecule has 5 nitrogen and oxygen atoms in total. The second-order valence-corrected chi connectivity index (χ2v) is 6.29. The molecule has 106 valence electrons. The molecule has 0 aliphatic heterocycles. The van der Waals surface area contributed by atoms with E-state index in [0.29, 0.717) is 6.61 Å². The zero-order chi connectivity index (χ0) is 13.9. The first-order valence-electron chi connectivity index (χ1n) is 6.20. The second-order valence-electron chi connectivity index (χ2n) is 4.29. The van der Waals surface area contributed by atoms with Crippen molar-refractivity contribution >= 4 is 38.3 Å². The van der Waals surface area contributed by atoms with Crippen molar-refractivity contribution in [3.63, 3.8) is 0 Å². The molecule has 20 heavy (non-hydrogen) atoms. The van der Waals surface area contributed by atoms with Gasteiger partial charge in [0.15, 0.2) is 5.16 Å². The molecule has 1 atom stereocenters. The number of para-hydroxylation sites is 1. The minimum atomic E-state index is 0.0576. The van der Waals surface area contributed by atoms with Gasteiger partial charge >= 0.3 is 0 Å². The molecule has 2 aromatic heterocycles. The van der Waals surface area contributed by atoms with E-state index >= 15 is 0 Å². The Labute approximate surface area is 124 Å². The lowest BCUT2D eigenvalue weighted by atomic mass is 10.3. The third-order valence-electron chi connectivity index (χ3n) is 3.00. The predicted molar refractivity (Wildman–Crippen MR) is 81.8 cm³/mol. The highest BCUT2D eigenvalue weighted by molar-refractivity contribution is 7.99. The van der Waals surface area contributed by atoms with Gasteiger partial charge in [-0.3, -0.25) is 4.40 Å². The summed E-state index contributed by atoms with van der Waals surface area (Å²) in [5.74, 6) is 0.787. The van der Waals surface area contributed by atoms with E-state index in [-0.39, 0.29) is 6.10 Å². The van der Waals surface area contributed by atoms with Crippen LogP contribution in [0.4, 0.5) is 0 Å². The lowest BCUT2D eigenvalue weighted by molar-refractivity contribution is 0.0430. The van der Waals surface area contributed by atoms with Gasteiger partial charge in [0, 0.05) is 20.0 Å². The third kappa shape index (κ3) is 2.54. The van der Waals surface area contributed by atoms with Crippen molar-refractivity contribution in [2.75, 3.05) is 26.6 Å². The summed E-state index contributed by atoms with van der Waals surface area (Å²) in [6.07, 6.45) is 0.0576. The van der Waals surface area contributed by atoms with Gasteiger partial charge in [-0.05, 0) is 12.1 Å². The van der Waals surface area contributed by atoms with Crippen molar-refractivity contribution in [1.29, 1.82) is 0 Å². The Morgan fingerprint density at radius 3 is 2.95 bits per heavy atom. The Kier molecular flexibility index (Phi) is 4.21. The summed E-state index contributed by atoms with van der Waals surface area (Å²) >= 11 is 3.29. The number of methoxy groups -OCH3 is 2. The zero-order valence-corrected chi connectivity index (χ0v) is 12.9. The number of hydrogen-bond donors (Lipinski definition) is 0. The van der Waals surface area contributed by atoms with Gasteiger partial charge in [0.2, 0.25) is 4.96 Å². The van der Waals surface area contributed by atoms with Gasteiger partial charge in [-0.15, -0.1) is 10.2 Å². The SMILES string of the molecule is COCC(CSc1nnc2sc3ccccc3n12)OC. The summed E-state index contributed by atoms with van der Waals surface area (Å²) in [4.78, 5) is 0.925. The van der Waals surface area contributed by atoms with Crippen LogP contribution in [0, 0.1) is 0 Å². The number of ether oxygens (including phenoxy) is 2. The van der Waals surface area contributed by atoms with Crippen molar-refractivity contribution in [3.8, 4) is 0 Å². The topological polar surface area (TPSA) is 48.7 Å². The van der Waals surface area contributed by atoms with Gasteiger partial charge in [-0.25, -0.2) is 0 Å². The maximum atomic E-state index is 5.37. The van der Waals surface area contributed by atoms with Crippen molar-refractivity contribution in [3.05, 3.63) is 24.3 Å². The van der Waals surface area contributed by atoms with Gasteiger partial charge in [0.25, 0.3) is 0 Å². The van der Waals surface area contributed by atoms with E-state index in [2.05, 4.69) is 26.7 Å². The molecule has 1 unspecified atom stereocenters. The molecular weight excluding hydrogens is 294 g/mol. The summed E-state index contributed by atoms with van der Waals surface area (Å²) in [5.41, 5.74) is 1.15. The minimum absolute atomic E-state index is 0.0576. The van der Waals surface area contributed by atoms with Crippen molar-refractivity contribution < 1.29 is 9.47 Å². The first-order valence-corrected chi connectivity index (χ1v) is 8.01. The first-order chi connectivity index (χ1) is 9.83. The van der Waals surface area contributed by atoms with E-state index in [1.54, 1.807) is 37.3 Å². The third-order valence-corrected chi connectivity index (χ3v) is 5.07. The van der Waals surface area contributed by atoms with Gasteiger partial charge in [0.1, 0.15) is 0 Å². The molecular formula is C13H15N3O2S2. The molecule has 0 aliphatic carbocycles. The highest BCUT2D eigenvalue weighted by Gasteiger charge is 2.15. The molecule has 7 heteroatoms. The smallest absolute Gasteiger partial charge is 0.217 e. The van der Waals surface area contributed by atoms with Crippen LogP contribution in [-0.4, -0.2) is 47.3 Å². The van der Waals surface area contributed by atoms with E-state index < -0.39 is 0 Å². The first kappa shape index (κ1) is 13.8. The minimum Gasteiger partial charge on any atom is -0.382 e. The average Bonchev–Trinajstić information content (AvgIpc) is 3.02. The molecule has 1 aromatic carbocycles. The van der Waals surface area contributed by atoms with Crippen LogP contribution in [0.5, 0.6) is 0 Å². The average molecular weight is 309 g/mol. The number of rotatable bonds is 6. The Bertz CT molecular complexity index is 710. The number of fused-ring (bicyclic) bond motifs is 3. The summed E-state index contributed by atoms with van der Waals surface area (Å²) in [6.45, 7) is 0.579. The summed E-state index contributed by atoms with van der Waals surface area (Å²) < 4.78 is 13.8. The van der Waals surface area contributed by atoms with Crippen LogP contribution >= 0.6 is 23.1 Å². The van der Waals surface area contributed by atoms with Crippen LogP contribution in [0.1, 0.15) is 0 Å². The molecule has 0 fully saturated rings. The normalized spacial score (nSPS) is 13.3. The Balaban J connectivity index is 1.88. The quantitative estimate of drug-likeness (QED) is 0.655. The molecule has 0 N–H and O–H groups in total. The van der Waals surface area contributed by atoms with Gasteiger partial charge < -0.3 is 9.47 Å². The highest BCUT2D eigenvalue weighted by Crippen LogP contribution is 2.29. The van der Waals surface area contributed by atoms with E-state index in [1.165, 1.54) is 4.70 Å². The number of aromatic nitrogens is 3. The van der Waals surface area contributed by atoms with Crippen LogP contribution in [0.15, 0.2) is 29.4 Å². The molecule has 0 saturated heterocycles. The highest BCUT2D eigenvalue weighted by atomic mass is 32.2. The standard InChI is InChI=1S/C13H15N3O2S2/c1-17-7-9(18-2)8-19-12-14-15-13-16(12)10-5-3-4-6-11(10)20-13/h3-6,9H,7-8H2,1-2H3. The molecule has 0 aliphatic rings. The van der Waals surface area contributed by atoms with Gasteiger partial charge in [-0.1, -0.05) is 35.2 Å². The van der Waals surface area contributed by atoms with E-state index in [0.717, 1.165) is 21.4 Å². The van der Waals surface area contributed by atoms with Crippen LogP contribution in [0.3, 0.4) is 0 Å². The summed E-state index contributed by atoms with van der Waals surface area (Å²) in [5, 5.41) is 9.40. The largest absolute Gasteiger partial charge is 0.382 e. The zero-order valence-electron chi connectivity index (χ0n) is 11.3. The number of thiazole rings is 1. The fourth-order valence-corrected chi connectivity index (χ4v) is 3.99. The Morgan fingerprint density at radius 2 is 2.15 bits per heavy atom. The molecule has 0 spiro atoms. The van der Waals surface area contributed by atoms with E-state index in [9.17, 15) is 0 Å². The van der Waals surface area contributed by atoms with Crippen LogP contribution in [0.25, 0.3) is 15.2 Å². The Morgan fingerprint density at radius 1 is 1.30 bits per heavy atom. The number of thioether (sulfide) groups is 1. The molecule has 3 aromatic rings. The van der Waals surface area contributed by atoms with Crippen molar-refractivity contribution in [2.24, 2.45) is 0 Å². The lowest BCUT2D eigenvalue weighted by Crippen LogP contribution is -2.20. The number of hydrogen-bond acceptors (Lipinski definition) is 6. The van der Waals surface area contributed by atoms with Crippen LogP contribution in [-0.2, 0) is 9.47 Å². The fraction of sp³-hybridized carbons (Fsp3) is 0.385. The molecule has 0 bridgehead atoms. The number of benzene rings is 1. The van der Waals surface area contributed by atoms with E-state index in [1.807, 2.05) is 12.1 Å². The molecule has 0 amide bonds. The fourth-order valence-electron chi connectivity index (χ4n) is 1.99. The summed E-state index contributed by atoms with van der Waals surface area (Å²) in [6, 6.07) is 8.27. The maximum Gasteiger partial charge on any atom is 0.217 e. The van der Waals surface area contributed by atoms with Crippen molar-refractivity contribution in [1.82, 2.24) is 14.6 Å². The monoisotopic (exact) mass is 309 g/mol.